The van der Waals surface area contributed by atoms with Crippen molar-refractivity contribution in [1.82, 2.24) is 0 Å². The van der Waals surface area contributed by atoms with Gasteiger partial charge in [0.25, 0.3) is 0 Å². The maximum absolute atomic E-state index is 8.13. The summed E-state index contributed by atoms with van der Waals surface area (Å²) >= 11 is 0. The van der Waals surface area contributed by atoms with Gasteiger partial charge in [0, 0.05) is 42.8 Å². The Morgan fingerprint density at radius 2 is 0.952 bits per heavy atom. The van der Waals surface area contributed by atoms with Gasteiger partial charge in [-0.3, -0.25) is 0 Å². The van der Waals surface area contributed by atoms with E-state index in [1.807, 2.05) is 0 Å². The van der Waals surface area contributed by atoms with Gasteiger partial charge < -0.3 is 0 Å². The molecule has 9 heteroatoms. The summed E-state index contributed by atoms with van der Waals surface area (Å²) in [5, 5.41) is 16.3. The zero-order valence-corrected chi connectivity index (χ0v) is 13.1. The average Bonchev–Trinajstić information content (AvgIpc) is 2.55. The quantitative estimate of drug-likeness (QED) is 0.203. The maximum Gasteiger partial charge on any atom is 0.235 e. The fourth-order valence-electron chi connectivity index (χ4n) is 2.76. The smallest absolute Gasteiger partial charge is 0.141 e. The third-order valence-corrected chi connectivity index (χ3v) is 3.99. The van der Waals surface area contributed by atoms with Gasteiger partial charge in [-0.05, 0) is 36.7 Å². The van der Waals surface area contributed by atoms with Crippen molar-refractivity contribution < 1.29 is 47.3 Å². The molecule has 0 aromatic rings. The van der Waals surface area contributed by atoms with Crippen LogP contribution in [-0.2, 0) is 27.0 Å². The Labute approximate surface area is 135 Å². The van der Waals surface area contributed by atoms with Gasteiger partial charge in [0.1, 0.15) is 9.72 Å². The van der Waals surface area contributed by atoms with Crippen LogP contribution in [-0.4, -0.2) is 32.3 Å². The molecule has 4 N–H and O–H groups in total. The standard InChI is InChI=1S/2C6H12N2O2.Cu/c2*7-8(10-9)6-4-2-1-3-5-6;/h2*6-7H,1-5H2;/p+2. The molecule has 2 aliphatic rings. The summed E-state index contributed by atoms with van der Waals surface area (Å²) in [5.74, 6) is 0. The van der Waals surface area contributed by atoms with Crippen molar-refractivity contribution in [3.63, 3.8) is 0 Å². The molecule has 0 unspecified atom stereocenters. The second-order valence-electron chi connectivity index (χ2n) is 5.40. The van der Waals surface area contributed by atoms with E-state index in [1.54, 1.807) is 0 Å². The van der Waals surface area contributed by atoms with E-state index in [2.05, 4.69) is 9.98 Å². The maximum atomic E-state index is 8.13. The van der Waals surface area contributed by atoms with E-state index < -0.39 is 0 Å². The van der Waals surface area contributed by atoms with Gasteiger partial charge in [0.15, 0.2) is 0 Å². The van der Waals surface area contributed by atoms with Crippen molar-refractivity contribution in [3.05, 3.63) is 0 Å². The minimum Gasteiger partial charge on any atom is -0.141 e. The molecule has 127 valence electrons. The first-order valence-electron chi connectivity index (χ1n) is 7.33. The van der Waals surface area contributed by atoms with Crippen molar-refractivity contribution in [3.8, 4) is 0 Å². The second-order valence-corrected chi connectivity index (χ2v) is 5.40. The largest absolute Gasteiger partial charge is 0.235 e. The van der Waals surface area contributed by atoms with E-state index in [-0.39, 0.29) is 29.2 Å². The molecule has 1 radical (unpaired) electrons. The molecule has 0 spiro atoms. The van der Waals surface area contributed by atoms with E-state index in [9.17, 15) is 0 Å². The minimum atomic E-state index is 0. The molecule has 0 amide bonds. The Morgan fingerprint density at radius 1 is 0.667 bits per heavy atom. The fraction of sp³-hybridized carbons (Fsp3) is 1.00. The number of hydrogen-bond donors (Lipinski definition) is 4. The number of nitrogens with one attached hydrogen (secondary N) is 2. The van der Waals surface area contributed by atoms with E-state index in [0.717, 1.165) is 61.1 Å². The zero-order chi connectivity index (χ0) is 14.8. The SMILES string of the molecule is N=[N+](OO)C1CCCCC1.N=[N+](OO)C1CCCCC1.[Cu]. The van der Waals surface area contributed by atoms with Gasteiger partial charge in [-0.15, -0.1) is 10.5 Å². The van der Waals surface area contributed by atoms with Crippen LogP contribution in [0.1, 0.15) is 64.2 Å². The molecule has 0 atom stereocenters. The zero-order valence-electron chi connectivity index (χ0n) is 12.1. The van der Waals surface area contributed by atoms with Crippen LogP contribution in [0.2, 0.25) is 0 Å². The molecule has 2 saturated carbocycles. The molecule has 0 bridgehead atoms. The summed E-state index contributed by atoms with van der Waals surface area (Å²) in [6.07, 6.45) is 10.9. The third kappa shape index (κ3) is 7.71. The van der Waals surface area contributed by atoms with Crippen molar-refractivity contribution in [2.75, 3.05) is 0 Å². The number of hydroxylamine groups is 2. The molecule has 0 heterocycles. The topological polar surface area (TPSA) is 113 Å². The molecule has 21 heavy (non-hydrogen) atoms. The second kappa shape index (κ2) is 11.9. The summed E-state index contributed by atoms with van der Waals surface area (Å²) in [4.78, 5) is 9.16. The molecule has 2 fully saturated rings. The Bertz CT molecular complexity index is 278. The number of rotatable bonds is 4. The molecule has 0 aliphatic heterocycles. The molecular weight excluding hydrogens is 328 g/mol. The van der Waals surface area contributed by atoms with E-state index in [1.165, 1.54) is 12.8 Å². The normalized spacial score (nSPS) is 19.5. The van der Waals surface area contributed by atoms with Crippen molar-refractivity contribution in [2.24, 2.45) is 0 Å². The van der Waals surface area contributed by atoms with Crippen LogP contribution in [0.4, 0.5) is 0 Å². The first-order valence-corrected chi connectivity index (χ1v) is 7.33. The van der Waals surface area contributed by atoms with Crippen LogP contribution < -0.4 is 0 Å². The third-order valence-electron chi connectivity index (χ3n) is 3.99. The van der Waals surface area contributed by atoms with Crippen molar-refractivity contribution >= 4 is 0 Å². The van der Waals surface area contributed by atoms with Gasteiger partial charge in [0.05, 0.1) is 0 Å². The Kier molecular flexibility index (Phi) is 11.4. The number of nitrogens with zero attached hydrogens (tertiary/aromatic N) is 2. The predicted molar refractivity (Wildman–Crippen MR) is 67.1 cm³/mol. The van der Waals surface area contributed by atoms with Crippen LogP contribution in [0.15, 0.2) is 0 Å². The van der Waals surface area contributed by atoms with Gasteiger partial charge in [-0.1, -0.05) is 22.8 Å². The van der Waals surface area contributed by atoms with Crippen LogP contribution in [0, 0.1) is 11.1 Å². The average molecular weight is 354 g/mol. The van der Waals surface area contributed by atoms with Gasteiger partial charge in [0.2, 0.25) is 12.1 Å². The van der Waals surface area contributed by atoms with Crippen molar-refractivity contribution in [2.45, 2.75) is 76.3 Å². The molecule has 2 rings (SSSR count). The first kappa shape index (κ1) is 20.2. The van der Waals surface area contributed by atoms with Gasteiger partial charge in [-0.25, -0.2) is 0 Å². The first-order chi connectivity index (χ1) is 9.69. The molecule has 2 aliphatic carbocycles. The molecule has 0 aromatic heterocycles. The van der Waals surface area contributed by atoms with Crippen molar-refractivity contribution in [1.29, 1.82) is 11.1 Å². The van der Waals surface area contributed by atoms with Crippen LogP contribution in [0.3, 0.4) is 0 Å². The van der Waals surface area contributed by atoms with Crippen LogP contribution in [0.25, 0.3) is 0 Å². The van der Waals surface area contributed by atoms with E-state index in [4.69, 9.17) is 21.6 Å². The summed E-state index contributed by atoms with van der Waals surface area (Å²) in [7, 11) is 0. The molecule has 0 saturated heterocycles. The van der Waals surface area contributed by atoms with E-state index >= 15 is 0 Å². The predicted octanol–water partition coefficient (Wildman–Crippen LogP) is 3.53. The summed E-state index contributed by atoms with van der Waals surface area (Å²) in [5.41, 5.74) is 14.2. The van der Waals surface area contributed by atoms with Gasteiger partial charge >= 0.3 is 0 Å². The van der Waals surface area contributed by atoms with E-state index in [0.29, 0.717) is 0 Å². The summed E-state index contributed by atoms with van der Waals surface area (Å²) in [6.45, 7) is 0. The Balaban J connectivity index is 0.000000364. The molecule has 0 aromatic carbocycles. The fourth-order valence-corrected chi connectivity index (χ4v) is 2.76. The molecular formula is C12H26CuN4O4+2. The number of hydrogen-bond acceptors (Lipinski definition) is 6. The Hall–Kier alpha value is -0.761. The Morgan fingerprint density at radius 3 is 1.19 bits per heavy atom. The summed E-state index contributed by atoms with van der Waals surface area (Å²) in [6, 6.07) is 0.192. The van der Waals surface area contributed by atoms with Crippen LogP contribution >= 0.6 is 0 Å². The molecule has 8 nitrogen and oxygen atoms in total. The minimum absolute atomic E-state index is 0. The van der Waals surface area contributed by atoms with Gasteiger partial charge in [-0.2, -0.15) is 0 Å². The monoisotopic (exact) mass is 353 g/mol. The summed E-state index contributed by atoms with van der Waals surface area (Å²) < 4.78 is 0. The van der Waals surface area contributed by atoms with Crippen LogP contribution in [0.5, 0.6) is 0 Å².